The Hall–Kier alpha value is -3.82. The quantitative estimate of drug-likeness (QED) is 0.216. The lowest BCUT2D eigenvalue weighted by Crippen LogP contribution is -2.27. The van der Waals surface area contributed by atoms with Crippen molar-refractivity contribution in [2.24, 2.45) is 17.6 Å². The molecule has 0 spiro atoms. The number of hydrogen-bond acceptors (Lipinski definition) is 12. The van der Waals surface area contributed by atoms with Crippen LogP contribution in [-0.4, -0.2) is 57.8 Å². The fourth-order valence-electron chi connectivity index (χ4n) is 5.60. The van der Waals surface area contributed by atoms with E-state index in [2.05, 4.69) is 48.1 Å². The minimum atomic E-state index is -1.01. The zero-order valence-corrected chi connectivity index (χ0v) is 27.5. The van der Waals surface area contributed by atoms with Crippen molar-refractivity contribution in [1.29, 1.82) is 10.5 Å². The van der Waals surface area contributed by atoms with E-state index in [0.29, 0.717) is 59.2 Å². The van der Waals surface area contributed by atoms with Crippen LogP contribution in [0.5, 0.6) is 0 Å². The summed E-state index contributed by atoms with van der Waals surface area (Å²) >= 11 is 11.7. The maximum atomic E-state index is 10.0. The number of rotatable bonds is 7. The number of amides is 1. The number of anilines is 2. The Morgan fingerprint density at radius 2 is 1.48 bits per heavy atom. The summed E-state index contributed by atoms with van der Waals surface area (Å²) in [6.45, 7) is 3.02. The monoisotopic (exact) mass is 673 g/mol. The smallest absolute Gasteiger partial charge is 0.245 e. The van der Waals surface area contributed by atoms with E-state index in [1.54, 1.807) is 13.1 Å². The van der Waals surface area contributed by atoms with Gasteiger partial charge in [-0.2, -0.15) is 20.5 Å². The number of nitrogens with one attached hydrogen (secondary N) is 1. The highest BCUT2D eigenvalue weighted by Gasteiger charge is 2.28. The molecule has 5 rings (SSSR count). The zero-order chi connectivity index (χ0) is 33.8. The lowest BCUT2D eigenvalue weighted by molar-refractivity contribution is -0.125. The number of primary amides is 1. The number of nitrogen functional groups attached to an aromatic ring is 1. The molecule has 46 heavy (non-hydrogen) atoms. The number of imidazole rings is 1. The van der Waals surface area contributed by atoms with Crippen LogP contribution in [0.15, 0.2) is 12.4 Å². The topological polar surface area (TPSA) is 239 Å². The van der Waals surface area contributed by atoms with Crippen LogP contribution in [0.25, 0.3) is 11.2 Å². The number of halogens is 2. The van der Waals surface area contributed by atoms with Crippen LogP contribution in [0.3, 0.4) is 0 Å². The van der Waals surface area contributed by atoms with Crippen molar-refractivity contribution in [1.82, 2.24) is 29.5 Å². The van der Waals surface area contributed by atoms with Crippen LogP contribution in [0.4, 0.5) is 11.5 Å². The maximum absolute atomic E-state index is 10.0. The molecule has 1 amide bonds. The highest BCUT2D eigenvalue weighted by Crippen LogP contribution is 2.37. The Morgan fingerprint density at radius 3 is 2.00 bits per heavy atom. The number of nitriles is 2. The van der Waals surface area contributed by atoms with Gasteiger partial charge in [0.2, 0.25) is 16.5 Å². The van der Waals surface area contributed by atoms with E-state index < -0.39 is 18.1 Å². The van der Waals surface area contributed by atoms with E-state index in [4.69, 9.17) is 44.6 Å². The van der Waals surface area contributed by atoms with E-state index in [-0.39, 0.29) is 16.6 Å². The summed E-state index contributed by atoms with van der Waals surface area (Å²) in [5, 5.41) is 39.4. The van der Waals surface area contributed by atoms with E-state index in [9.17, 15) is 9.90 Å². The number of fused-ring (bicyclic) bond motifs is 1. The minimum absolute atomic E-state index is 0.184. The third-order valence-corrected chi connectivity index (χ3v) is 8.50. The van der Waals surface area contributed by atoms with Crippen LogP contribution < -0.4 is 16.8 Å². The number of nitrogens with zero attached hydrogens (tertiary/aromatic N) is 8. The molecule has 2 atom stereocenters. The highest BCUT2D eigenvalue weighted by atomic mass is 35.5. The second kappa shape index (κ2) is 17.8. The fraction of sp³-hybridized carbons (Fsp3) is 0.600. The molecule has 2 aliphatic rings. The summed E-state index contributed by atoms with van der Waals surface area (Å²) in [7, 11) is 0. The summed E-state index contributed by atoms with van der Waals surface area (Å²) < 4.78 is 2.01. The normalized spacial score (nSPS) is 22.1. The van der Waals surface area contributed by atoms with E-state index in [1.807, 2.05) is 4.57 Å². The van der Waals surface area contributed by atoms with Gasteiger partial charge in [-0.3, -0.25) is 4.79 Å². The standard InChI is InChI=1S/C15H18ClN5O.C12H16ClN5.C3H7NO2/c1-9(22)13-19-12-8-18-15(16)20-14(12)21(13)11-4-2-10(3-5-11)6-7-17;13-12-16-7-10(15)11(18-12)17-9-3-1-8(2-4-9)5-6-14;1-2(5)3(4)6/h8-11,22H,2-6H2,1H3;7-9H,1-5,15H2,(H,16,17,18);2,5H,1H3,(H2,4,6)/t9-,10?,11?;;2-/m1.1/s1. The van der Waals surface area contributed by atoms with E-state index in [1.165, 1.54) is 13.1 Å². The summed E-state index contributed by atoms with van der Waals surface area (Å²) in [6.07, 6.45) is 10.9. The van der Waals surface area contributed by atoms with Crippen molar-refractivity contribution in [2.45, 2.75) is 102 Å². The Labute approximate surface area is 278 Å². The van der Waals surface area contributed by atoms with Gasteiger partial charge in [-0.15, -0.1) is 0 Å². The number of nitrogens with two attached hydrogens (primary N) is 2. The second-order valence-corrected chi connectivity index (χ2v) is 12.3. The molecular formula is C30H41Cl2N11O3. The average Bonchev–Trinajstić information content (AvgIpc) is 3.40. The molecule has 3 aromatic heterocycles. The van der Waals surface area contributed by atoms with Crippen LogP contribution in [0, 0.1) is 34.5 Å². The molecule has 0 radical (unpaired) electrons. The van der Waals surface area contributed by atoms with Crippen LogP contribution >= 0.6 is 23.2 Å². The van der Waals surface area contributed by atoms with Crippen molar-refractivity contribution in [3.05, 3.63) is 28.8 Å². The molecule has 0 aliphatic heterocycles. The molecule has 2 fully saturated rings. The molecule has 7 N–H and O–H groups in total. The van der Waals surface area contributed by atoms with Gasteiger partial charge in [-0.05, 0) is 100 Å². The van der Waals surface area contributed by atoms with Gasteiger partial charge in [0.15, 0.2) is 11.5 Å². The number of aliphatic hydroxyl groups excluding tert-OH is 2. The van der Waals surface area contributed by atoms with Crippen molar-refractivity contribution in [3.8, 4) is 12.1 Å². The molecule has 0 bridgehead atoms. The predicted molar refractivity (Wildman–Crippen MR) is 174 cm³/mol. The predicted octanol–water partition coefficient (Wildman–Crippen LogP) is 4.63. The number of carbonyl (C=O) groups is 1. The molecule has 0 unspecified atom stereocenters. The third kappa shape index (κ3) is 10.6. The van der Waals surface area contributed by atoms with Gasteiger partial charge in [0, 0.05) is 24.9 Å². The first kappa shape index (κ1) is 36.6. The maximum Gasteiger partial charge on any atom is 0.245 e. The molecule has 0 saturated heterocycles. The van der Waals surface area contributed by atoms with Gasteiger partial charge in [-0.1, -0.05) is 0 Å². The fourth-order valence-corrected chi connectivity index (χ4v) is 5.86. The molecule has 3 aromatic rings. The first-order chi connectivity index (χ1) is 21.9. The Kier molecular flexibility index (Phi) is 14.2. The number of aromatic nitrogens is 6. The summed E-state index contributed by atoms with van der Waals surface area (Å²) in [5.74, 6) is 1.55. The van der Waals surface area contributed by atoms with Crippen molar-refractivity contribution in [3.63, 3.8) is 0 Å². The molecule has 0 aromatic carbocycles. The summed E-state index contributed by atoms with van der Waals surface area (Å²) in [5.41, 5.74) is 12.2. The van der Waals surface area contributed by atoms with Crippen molar-refractivity contribution in [2.75, 3.05) is 11.1 Å². The first-order valence-corrected chi connectivity index (χ1v) is 16.0. The van der Waals surface area contributed by atoms with Gasteiger partial charge in [0.25, 0.3) is 0 Å². The van der Waals surface area contributed by atoms with Crippen LogP contribution in [0.1, 0.15) is 96.0 Å². The molecule has 2 saturated carbocycles. The van der Waals surface area contributed by atoms with E-state index >= 15 is 0 Å². The Balaban J connectivity index is 0.000000216. The third-order valence-electron chi connectivity index (χ3n) is 8.13. The average molecular weight is 675 g/mol. The first-order valence-electron chi connectivity index (χ1n) is 15.3. The summed E-state index contributed by atoms with van der Waals surface area (Å²) in [6, 6.07) is 5.08. The second-order valence-electron chi connectivity index (χ2n) is 11.6. The summed E-state index contributed by atoms with van der Waals surface area (Å²) in [4.78, 5) is 30.3. The van der Waals surface area contributed by atoms with Gasteiger partial charge in [0.1, 0.15) is 23.5 Å². The molecule has 248 valence electrons. The van der Waals surface area contributed by atoms with Gasteiger partial charge < -0.3 is 31.6 Å². The number of hydrogen-bond donors (Lipinski definition) is 5. The lowest BCUT2D eigenvalue weighted by Gasteiger charge is -2.29. The highest BCUT2D eigenvalue weighted by molar-refractivity contribution is 6.28. The number of carbonyl (C=O) groups excluding carboxylic acids is 1. The van der Waals surface area contributed by atoms with Crippen molar-refractivity contribution < 1.29 is 15.0 Å². The van der Waals surface area contributed by atoms with Crippen molar-refractivity contribution >= 4 is 51.8 Å². The largest absolute Gasteiger partial charge is 0.394 e. The molecule has 3 heterocycles. The molecule has 16 heteroatoms. The number of aliphatic hydroxyl groups is 2. The minimum Gasteiger partial charge on any atom is -0.394 e. The molecule has 14 nitrogen and oxygen atoms in total. The van der Waals surface area contributed by atoms with Gasteiger partial charge in [0.05, 0.1) is 30.2 Å². The van der Waals surface area contributed by atoms with E-state index in [0.717, 1.165) is 51.4 Å². The lowest BCUT2D eigenvalue weighted by atomic mass is 9.84. The molecule has 2 aliphatic carbocycles. The van der Waals surface area contributed by atoms with Gasteiger partial charge >= 0.3 is 0 Å². The van der Waals surface area contributed by atoms with Crippen LogP contribution in [-0.2, 0) is 4.79 Å². The molecular weight excluding hydrogens is 633 g/mol. The van der Waals surface area contributed by atoms with Crippen LogP contribution in [0.2, 0.25) is 10.6 Å². The SMILES string of the molecule is C[C@@H](O)C(N)=O.C[C@@H](O)c1nc2cnc(Cl)nc2n1C1CCC(CC#N)CC1.N#CCC1CCC(Nc2nc(Cl)ncc2N)CC1. The van der Waals surface area contributed by atoms with Gasteiger partial charge in [-0.25, -0.2) is 15.0 Å². The Morgan fingerprint density at radius 1 is 0.957 bits per heavy atom. The Bertz CT molecular complexity index is 1520. The zero-order valence-electron chi connectivity index (χ0n) is 26.0.